The second-order valence-corrected chi connectivity index (χ2v) is 9.17. The van der Waals surface area contributed by atoms with Crippen molar-refractivity contribution in [2.45, 2.75) is 44.7 Å². The molecule has 1 saturated carbocycles. The molecule has 3 aromatic rings. The van der Waals surface area contributed by atoms with E-state index in [1.165, 1.54) is 0 Å². The van der Waals surface area contributed by atoms with Crippen molar-refractivity contribution < 1.29 is 23.4 Å². The van der Waals surface area contributed by atoms with E-state index in [1.54, 1.807) is 31.4 Å². The zero-order valence-corrected chi connectivity index (χ0v) is 18.1. The molecule has 1 aliphatic carbocycles. The van der Waals surface area contributed by atoms with E-state index in [4.69, 9.17) is 4.74 Å². The van der Waals surface area contributed by atoms with Crippen LogP contribution in [0.1, 0.15) is 52.4 Å². The van der Waals surface area contributed by atoms with Gasteiger partial charge in [0.15, 0.2) is 0 Å². The number of carboxylic acid groups (broad SMARTS) is 1. The molecule has 5 rings (SSSR count). The smallest absolute Gasteiger partial charge is 0.335 e. The number of alkyl halides is 2. The lowest BCUT2D eigenvalue weighted by atomic mass is 9.83. The van der Waals surface area contributed by atoms with Crippen LogP contribution in [0.3, 0.4) is 0 Å². The van der Waals surface area contributed by atoms with Gasteiger partial charge in [0.2, 0.25) is 0 Å². The first kappa shape index (κ1) is 20.9. The maximum absolute atomic E-state index is 14.3. The van der Waals surface area contributed by atoms with Gasteiger partial charge in [0, 0.05) is 47.1 Å². The first-order chi connectivity index (χ1) is 15.2. The molecule has 1 saturated heterocycles. The molecule has 7 heteroatoms. The zero-order valence-electron chi connectivity index (χ0n) is 18.1. The zero-order chi connectivity index (χ0) is 22.7. The van der Waals surface area contributed by atoms with E-state index in [1.807, 2.05) is 25.3 Å². The third kappa shape index (κ3) is 3.26. The number of methoxy groups -OCH3 is 1. The van der Waals surface area contributed by atoms with Crippen molar-refractivity contribution in [1.82, 2.24) is 9.88 Å². The van der Waals surface area contributed by atoms with Crippen LogP contribution in [0.25, 0.3) is 10.9 Å². The summed E-state index contributed by atoms with van der Waals surface area (Å²) in [5.74, 6) is -2.83. The fourth-order valence-corrected chi connectivity index (χ4v) is 5.34. The predicted molar refractivity (Wildman–Crippen MR) is 117 cm³/mol. The van der Waals surface area contributed by atoms with Crippen LogP contribution >= 0.6 is 0 Å². The molecule has 2 unspecified atom stereocenters. The molecule has 168 valence electrons. The topological polar surface area (TPSA) is 65.6 Å². The number of ether oxygens (including phenoxy) is 1. The summed E-state index contributed by atoms with van der Waals surface area (Å²) in [5.41, 5.74) is 3.28. The number of H-pyrrole nitrogens is 1. The minimum Gasteiger partial charge on any atom is -0.496 e. The van der Waals surface area contributed by atoms with Crippen LogP contribution in [-0.4, -0.2) is 40.5 Å². The van der Waals surface area contributed by atoms with Gasteiger partial charge in [0.05, 0.1) is 12.7 Å². The quantitative estimate of drug-likeness (QED) is 0.546. The molecule has 2 heterocycles. The standard InChI is InChI=1S/C25H26F2N2O3/c1-15-11-21(32-2)19(18-7-9-28-22(15)18)13-29-10-8-24(14-25(24,26)27)12-20(29)16-3-5-17(6-4-16)23(30)31/h3-7,9,11,20,28H,8,10,12-14H2,1-2H3,(H,30,31). The molecular weight excluding hydrogens is 414 g/mol. The first-order valence-corrected chi connectivity index (χ1v) is 10.8. The van der Waals surface area contributed by atoms with Crippen LogP contribution in [0.2, 0.25) is 0 Å². The summed E-state index contributed by atoms with van der Waals surface area (Å²) >= 11 is 0. The summed E-state index contributed by atoms with van der Waals surface area (Å²) in [5, 5.41) is 10.3. The maximum atomic E-state index is 14.3. The Morgan fingerprint density at radius 1 is 1.28 bits per heavy atom. The molecular formula is C25H26F2N2O3. The normalized spacial score (nSPS) is 24.7. The number of piperidine rings is 1. The summed E-state index contributed by atoms with van der Waals surface area (Å²) in [6.07, 6.45) is 2.65. The van der Waals surface area contributed by atoms with Gasteiger partial charge in [-0.2, -0.15) is 0 Å². The molecule has 5 nitrogen and oxygen atoms in total. The van der Waals surface area contributed by atoms with Crippen LogP contribution in [0, 0.1) is 12.3 Å². The van der Waals surface area contributed by atoms with Gasteiger partial charge in [-0.3, -0.25) is 4.90 Å². The number of hydrogen-bond donors (Lipinski definition) is 2. The number of carboxylic acids is 1. The highest BCUT2D eigenvalue weighted by Crippen LogP contribution is 2.68. The summed E-state index contributed by atoms with van der Waals surface area (Å²) in [6.45, 7) is 3.13. The summed E-state index contributed by atoms with van der Waals surface area (Å²) in [7, 11) is 1.65. The van der Waals surface area contributed by atoms with Crippen molar-refractivity contribution in [3.8, 4) is 5.75 Å². The Kier molecular flexibility index (Phi) is 4.78. The minimum atomic E-state index is -2.62. The average Bonchev–Trinajstić information content (AvgIpc) is 3.09. The van der Waals surface area contributed by atoms with Crippen molar-refractivity contribution in [1.29, 1.82) is 0 Å². The molecule has 32 heavy (non-hydrogen) atoms. The number of hydrogen-bond acceptors (Lipinski definition) is 3. The highest BCUT2D eigenvalue weighted by atomic mass is 19.3. The number of aromatic amines is 1. The SMILES string of the molecule is COc1cc(C)c2[nH]ccc2c1CN1CCC2(CC1c1ccc(C(=O)O)cc1)CC2(F)F. The number of likely N-dealkylation sites (tertiary alicyclic amines) is 1. The van der Waals surface area contributed by atoms with Gasteiger partial charge in [-0.25, -0.2) is 13.6 Å². The molecule has 0 radical (unpaired) electrons. The molecule has 1 spiro atoms. The Balaban J connectivity index is 1.52. The summed E-state index contributed by atoms with van der Waals surface area (Å²) in [6, 6.07) is 10.4. The van der Waals surface area contributed by atoms with Crippen molar-refractivity contribution in [3.05, 3.63) is 64.8 Å². The number of nitrogens with one attached hydrogen (secondary N) is 1. The van der Waals surface area contributed by atoms with Crippen LogP contribution in [-0.2, 0) is 6.54 Å². The number of benzene rings is 2. The second-order valence-electron chi connectivity index (χ2n) is 9.17. The predicted octanol–water partition coefficient (Wildman–Crippen LogP) is 5.55. The Hall–Kier alpha value is -2.93. The number of fused-ring (bicyclic) bond motifs is 1. The van der Waals surface area contributed by atoms with Crippen LogP contribution in [0.15, 0.2) is 42.6 Å². The molecule has 2 N–H and O–H groups in total. The number of halogens is 2. The van der Waals surface area contributed by atoms with E-state index < -0.39 is 17.3 Å². The largest absolute Gasteiger partial charge is 0.496 e. The van der Waals surface area contributed by atoms with E-state index in [0.29, 0.717) is 25.9 Å². The number of aromatic carboxylic acids is 1. The fraction of sp³-hybridized carbons (Fsp3) is 0.400. The van der Waals surface area contributed by atoms with Crippen molar-refractivity contribution in [2.75, 3.05) is 13.7 Å². The van der Waals surface area contributed by atoms with E-state index in [2.05, 4.69) is 9.88 Å². The number of carbonyl (C=O) groups is 1. The van der Waals surface area contributed by atoms with E-state index in [0.717, 1.165) is 33.3 Å². The molecule has 0 amide bonds. The van der Waals surface area contributed by atoms with E-state index in [9.17, 15) is 18.7 Å². The third-order valence-electron chi connectivity index (χ3n) is 7.35. The van der Waals surface area contributed by atoms with Gasteiger partial charge >= 0.3 is 5.97 Å². The number of nitrogens with zero attached hydrogens (tertiary/aromatic N) is 1. The number of aromatic nitrogens is 1. The second kappa shape index (κ2) is 7.30. The monoisotopic (exact) mass is 440 g/mol. The Labute approximate surface area is 185 Å². The average molecular weight is 440 g/mol. The van der Waals surface area contributed by atoms with Gasteiger partial charge in [0.25, 0.3) is 5.92 Å². The third-order valence-corrected chi connectivity index (χ3v) is 7.35. The van der Waals surface area contributed by atoms with Crippen molar-refractivity contribution in [2.24, 2.45) is 5.41 Å². The van der Waals surface area contributed by atoms with Crippen LogP contribution < -0.4 is 4.74 Å². The Morgan fingerprint density at radius 2 is 2.00 bits per heavy atom. The summed E-state index contributed by atoms with van der Waals surface area (Å²) < 4.78 is 34.3. The van der Waals surface area contributed by atoms with E-state index >= 15 is 0 Å². The summed E-state index contributed by atoms with van der Waals surface area (Å²) in [4.78, 5) is 16.8. The van der Waals surface area contributed by atoms with Crippen LogP contribution in [0.4, 0.5) is 8.78 Å². The number of rotatable bonds is 5. The first-order valence-electron chi connectivity index (χ1n) is 10.8. The van der Waals surface area contributed by atoms with E-state index in [-0.39, 0.29) is 18.0 Å². The Bertz CT molecular complexity index is 1190. The lowest BCUT2D eigenvalue weighted by Gasteiger charge is -2.40. The molecule has 2 aliphatic rings. The van der Waals surface area contributed by atoms with Gasteiger partial charge in [0.1, 0.15) is 5.75 Å². The lowest BCUT2D eigenvalue weighted by Crippen LogP contribution is -2.39. The molecule has 2 aromatic carbocycles. The van der Waals surface area contributed by atoms with Crippen LogP contribution in [0.5, 0.6) is 5.75 Å². The molecule has 1 aromatic heterocycles. The van der Waals surface area contributed by atoms with Gasteiger partial charge in [-0.05, 0) is 61.7 Å². The molecule has 2 fully saturated rings. The molecule has 2 atom stereocenters. The van der Waals surface area contributed by atoms with Gasteiger partial charge < -0.3 is 14.8 Å². The minimum absolute atomic E-state index is 0.0620. The van der Waals surface area contributed by atoms with Gasteiger partial charge in [-0.1, -0.05) is 12.1 Å². The fourth-order valence-electron chi connectivity index (χ4n) is 5.34. The highest BCUT2D eigenvalue weighted by molar-refractivity contribution is 5.88. The maximum Gasteiger partial charge on any atom is 0.335 e. The van der Waals surface area contributed by atoms with Crippen molar-refractivity contribution in [3.63, 3.8) is 0 Å². The van der Waals surface area contributed by atoms with Crippen molar-refractivity contribution >= 4 is 16.9 Å². The molecule has 1 aliphatic heterocycles. The lowest BCUT2D eigenvalue weighted by molar-refractivity contribution is 0.00632. The Morgan fingerprint density at radius 3 is 2.62 bits per heavy atom. The molecule has 0 bridgehead atoms. The number of aryl methyl sites for hydroxylation is 1. The highest BCUT2D eigenvalue weighted by Gasteiger charge is 2.71. The van der Waals surface area contributed by atoms with Gasteiger partial charge in [-0.15, -0.1) is 0 Å².